The number of pyridine rings is 1. The zero-order valence-corrected chi connectivity index (χ0v) is 10.8. The van der Waals surface area contributed by atoms with E-state index in [9.17, 15) is 0 Å². The zero-order chi connectivity index (χ0) is 12.4. The summed E-state index contributed by atoms with van der Waals surface area (Å²) in [6.45, 7) is 4.05. The summed E-state index contributed by atoms with van der Waals surface area (Å²) in [6.07, 6.45) is 8.37. The van der Waals surface area contributed by atoms with E-state index in [-0.39, 0.29) is 0 Å². The molecule has 0 amide bonds. The van der Waals surface area contributed by atoms with Crippen LogP contribution in [0, 0.1) is 12.8 Å². The van der Waals surface area contributed by atoms with Crippen molar-refractivity contribution >= 4 is 10.9 Å². The monoisotopic (exact) mass is 238 g/mol. The highest BCUT2D eigenvalue weighted by Gasteiger charge is 2.22. The molecule has 0 atom stereocenters. The number of hydrogen-bond donors (Lipinski definition) is 0. The van der Waals surface area contributed by atoms with Gasteiger partial charge in [0.15, 0.2) is 0 Å². The Morgan fingerprint density at radius 1 is 1.06 bits per heavy atom. The van der Waals surface area contributed by atoms with Gasteiger partial charge in [-0.05, 0) is 55.2 Å². The molecular formula is C17H20N. The van der Waals surface area contributed by atoms with Crippen molar-refractivity contribution in [3.8, 4) is 0 Å². The fourth-order valence-corrected chi connectivity index (χ4v) is 3.24. The van der Waals surface area contributed by atoms with Gasteiger partial charge in [-0.2, -0.15) is 0 Å². The molecule has 2 aromatic rings. The van der Waals surface area contributed by atoms with Crippen LogP contribution < -0.4 is 0 Å². The molecule has 1 aromatic heterocycles. The second-order valence-corrected chi connectivity index (χ2v) is 5.42. The summed E-state index contributed by atoms with van der Waals surface area (Å²) < 4.78 is 0. The SMILES string of the molecule is [CH2]CC1CCC(c2ccnc3ccccc23)CC1. The van der Waals surface area contributed by atoms with Crippen molar-refractivity contribution in [2.45, 2.75) is 38.0 Å². The number of para-hydroxylation sites is 1. The zero-order valence-electron chi connectivity index (χ0n) is 10.8. The molecule has 0 saturated heterocycles. The van der Waals surface area contributed by atoms with Crippen LogP contribution in [0.15, 0.2) is 36.5 Å². The standard InChI is InChI=1S/C17H20N/c1-2-13-7-9-14(10-8-13)15-11-12-18-17-6-4-3-5-16(15)17/h3-6,11-14H,1-2,7-10H2. The fraction of sp³-hybridized carbons (Fsp3) is 0.412. The largest absolute Gasteiger partial charge is 0.256 e. The van der Waals surface area contributed by atoms with Crippen molar-refractivity contribution in [1.29, 1.82) is 0 Å². The van der Waals surface area contributed by atoms with E-state index in [2.05, 4.69) is 42.2 Å². The molecule has 0 bridgehead atoms. The summed E-state index contributed by atoms with van der Waals surface area (Å²) in [5, 5.41) is 1.35. The maximum absolute atomic E-state index is 4.46. The average Bonchev–Trinajstić information content (AvgIpc) is 2.47. The lowest BCUT2D eigenvalue weighted by Crippen LogP contribution is -2.13. The van der Waals surface area contributed by atoms with Gasteiger partial charge >= 0.3 is 0 Å². The summed E-state index contributed by atoms with van der Waals surface area (Å²) >= 11 is 0. The van der Waals surface area contributed by atoms with Gasteiger partial charge in [0.05, 0.1) is 5.52 Å². The summed E-state index contributed by atoms with van der Waals surface area (Å²) in [5.41, 5.74) is 2.64. The number of nitrogens with zero attached hydrogens (tertiary/aromatic N) is 1. The minimum atomic E-state index is 0.723. The Kier molecular flexibility index (Phi) is 3.31. The third-order valence-corrected chi connectivity index (χ3v) is 4.38. The topological polar surface area (TPSA) is 12.9 Å². The maximum Gasteiger partial charge on any atom is 0.0704 e. The summed E-state index contributed by atoms with van der Waals surface area (Å²) in [7, 11) is 0. The van der Waals surface area contributed by atoms with E-state index in [4.69, 9.17) is 0 Å². The number of aromatic nitrogens is 1. The van der Waals surface area contributed by atoms with E-state index in [0.29, 0.717) is 0 Å². The molecule has 0 aliphatic heterocycles. The van der Waals surface area contributed by atoms with E-state index < -0.39 is 0 Å². The van der Waals surface area contributed by atoms with Crippen molar-refractivity contribution < 1.29 is 0 Å². The van der Waals surface area contributed by atoms with E-state index in [1.165, 1.54) is 36.6 Å². The summed E-state index contributed by atoms with van der Waals surface area (Å²) in [6, 6.07) is 10.7. The molecule has 0 unspecified atom stereocenters. The molecule has 18 heavy (non-hydrogen) atoms. The molecule has 1 saturated carbocycles. The van der Waals surface area contributed by atoms with Crippen LogP contribution in [0.1, 0.15) is 43.6 Å². The van der Waals surface area contributed by atoms with Gasteiger partial charge in [-0.15, -0.1) is 0 Å². The Morgan fingerprint density at radius 3 is 2.61 bits per heavy atom. The minimum Gasteiger partial charge on any atom is -0.256 e. The molecule has 3 rings (SSSR count). The first-order valence-electron chi connectivity index (χ1n) is 7.01. The Morgan fingerprint density at radius 2 is 1.83 bits per heavy atom. The van der Waals surface area contributed by atoms with Gasteiger partial charge in [-0.1, -0.05) is 31.5 Å². The molecule has 93 valence electrons. The third kappa shape index (κ3) is 2.14. The third-order valence-electron chi connectivity index (χ3n) is 4.38. The quantitative estimate of drug-likeness (QED) is 0.737. The first-order valence-corrected chi connectivity index (χ1v) is 7.01. The normalized spacial score (nSPS) is 24.3. The molecular weight excluding hydrogens is 218 g/mol. The highest BCUT2D eigenvalue weighted by molar-refractivity contribution is 5.82. The van der Waals surface area contributed by atoms with Crippen LogP contribution in [-0.4, -0.2) is 4.98 Å². The molecule has 1 nitrogen and oxygen atoms in total. The lowest BCUT2D eigenvalue weighted by atomic mass is 9.77. The minimum absolute atomic E-state index is 0.723. The average molecular weight is 238 g/mol. The van der Waals surface area contributed by atoms with Crippen molar-refractivity contribution in [2.24, 2.45) is 5.92 Å². The van der Waals surface area contributed by atoms with Crippen molar-refractivity contribution in [1.82, 2.24) is 4.98 Å². The van der Waals surface area contributed by atoms with Crippen LogP contribution >= 0.6 is 0 Å². The molecule has 1 radical (unpaired) electrons. The van der Waals surface area contributed by atoms with Gasteiger partial charge in [0.2, 0.25) is 0 Å². The first kappa shape index (κ1) is 11.7. The van der Waals surface area contributed by atoms with Crippen molar-refractivity contribution in [2.75, 3.05) is 0 Å². The Balaban J connectivity index is 1.91. The van der Waals surface area contributed by atoms with Gasteiger partial charge in [-0.25, -0.2) is 0 Å². The molecule has 0 N–H and O–H groups in total. The Labute approximate surface area is 109 Å². The highest BCUT2D eigenvalue weighted by atomic mass is 14.6. The molecule has 1 aliphatic rings. The molecule has 0 spiro atoms. The second-order valence-electron chi connectivity index (χ2n) is 5.42. The van der Waals surface area contributed by atoms with Crippen LogP contribution in [0.3, 0.4) is 0 Å². The smallest absolute Gasteiger partial charge is 0.0704 e. The predicted molar refractivity (Wildman–Crippen MR) is 76.4 cm³/mol. The fourth-order valence-electron chi connectivity index (χ4n) is 3.24. The van der Waals surface area contributed by atoms with Crippen LogP contribution in [0.4, 0.5) is 0 Å². The highest BCUT2D eigenvalue weighted by Crippen LogP contribution is 2.38. The molecule has 1 aromatic carbocycles. The van der Waals surface area contributed by atoms with Crippen LogP contribution in [-0.2, 0) is 0 Å². The van der Waals surface area contributed by atoms with Crippen molar-refractivity contribution in [3.05, 3.63) is 49.0 Å². The van der Waals surface area contributed by atoms with E-state index >= 15 is 0 Å². The lowest BCUT2D eigenvalue weighted by molar-refractivity contribution is 0.328. The van der Waals surface area contributed by atoms with E-state index in [1.807, 2.05) is 6.20 Å². The van der Waals surface area contributed by atoms with E-state index in [0.717, 1.165) is 23.8 Å². The van der Waals surface area contributed by atoms with Crippen LogP contribution in [0.25, 0.3) is 10.9 Å². The predicted octanol–water partition coefficient (Wildman–Crippen LogP) is 4.73. The first-order chi connectivity index (χ1) is 8.88. The number of benzene rings is 1. The number of hydrogen-bond acceptors (Lipinski definition) is 1. The van der Waals surface area contributed by atoms with Crippen molar-refractivity contribution in [3.63, 3.8) is 0 Å². The molecule has 1 aliphatic carbocycles. The summed E-state index contributed by atoms with van der Waals surface area (Å²) in [4.78, 5) is 4.46. The molecule has 1 fully saturated rings. The van der Waals surface area contributed by atoms with Gasteiger partial charge in [0, 0.05) is 11.6 Å². The second kappa shape index (κ2) is 5.09. The maximum atomic E-state index is 4.46. The molecule has 1 heterocycles. The van der Waals surface area contributed by atoms with Gasteiger partial charge in [0.25, 0.3) is 0 Å². The van der Waals surface area contributed by atoms with Crippen LogP contribution in [0.5, 0.6) is 0 Å². The van der Waals surface area contributed by atoms with Gasteiger partial charge < -0.3 is 0 Å². The molecule has 1 heteroatoms. The van der Waals surface area contributed by atoms with E-state index in [1.54, 1.807) is 0 Å². The Hall–Kier alpha value is -1.37. The van der Waals surface area contributed by atoms with Gasteiger partial charge in [0.1, 0.15) is 0 Å². The number of rotatable bonds is 2. The van der Waals surface area contributed by atoms with Crippen LogP contribution in [0.2, 0.25) is 0 Å². The van der Waals surface area contributed by atoms with Gasteiger partial charge in [-0.3, -0.25) is 4.98 Å². The summed E-state index contributed by atoms with van der Waals surface area (Å²) in [5.74, 6) is 1.58. The lowest BCUT2D eigenvalue weighted by Gasteiger charge is -2.28. The number of fused-ring (bicyclic) bond motifs is 1. The Bertz CT molecular complexity index is 519.